The van der Waals surface area contributed by atoms with Crippen molar-refractivity contribution in [2.24, 2.45) is 0 Å². The number of hydrogen-bond acceptors (Lipinski definition) is 2. The van der Waals surface area contributed by atoms with Gasteiger partial charge < -0.3 is 10.1 Å². The van der Waals surface area contributed by atoms with Crippen LogP contribution >= 0.6 is 0 Å². The van der Waals surface area contributed by atoms with Crippen molar-refractivity contribution in [3.8, 4) is 5.75 Å². The van der Waals surface area contributed by atoms with Gasteiger partial charge in [0.25, 0.3) is 0 Å². The van der Waals surface area contributed by atoms with Gasteiger partial charge in [0, 0.05) is 19.4 Å². The lowest BCUT2D eigenvalue weighted by atomic mass is 10.0. The van der Waals surface area contributed by atoms with Crippen LogP contribution < -0.4 is 10.1 Å². The molecule has 0 unspecified atom stereocenters. The van der Waals surface area contributed by atoms with Gasteiger partial charge in [-0.2, -0.15) is 13.2 Å². The van der Waals surface area contributed by atoms with E-state index in [0.29, 0.717) is 19.5 Å². The Morgan fingerprint density at radius 2 is 2.00 bits per heavy atom. The monoisotopic (exact) mass is 301 g/mol. The van der Waals surface area contributed by atoms with Crippen molar-refractivity contribution in [1.82, 2.24) is 5.32 Å². The minimum absolute atomic E-state index is 0.147. The number of nitrogens with one attached hydrogen (secondary N) is 1. The molecule has 1 aromatic rings. The molecule has 0 aliphatic carbocycles. The largest absolute Gasteiger partial charge is 0.487 e. The summed E-state index contributed by atoms with van der Waals surface area (Å²) in [5, 5.41) is 3.19. The maximum atomic E-state index is 12.0. The summed E-state index contributed by atoms with van der Waals surface area (Å²) in [5.41, 5.74) is 2.20. The molecule has 1 aromatic carbocycles. The fourth-order valence-corrected chi connectivity index (χ4v) is 2.58. The summed E-state index contributed by atoms with van der Waals surface area (Å²) in [5.74, 6) is 0.939. The van der Waals surface area contributed by atoms with Gasteiger partial charge in [0.1, 0.15) is 11.4 Å². The molecule has 0 bridgehead atoms. The van der Waals surface area contributed by atoms with Crippen LogP contribution in [0.4, 0.5) is 13.2 Å². The minimum Gasteiger partial charge on any atom is -0.487 e. The lowest BCUT2D eigenvalue weighted by Gasteiger charge is -2.16. The Hall–Kier alpha value is -1.23. The highest BCUT2D eigenvalue weighted by Gasteiger charge is 2.29. The van der Waals surface area contributed by atoms with Gasteiger partial charge in [0.05, 0.1) is 0 Å². The van der Waals surface area contributed by atoms with Crippen molar-refractivity contribution in [2.45, 2.75) is 57.9 Å². The molecule has 0 saturated carbocycles. The molecule has 0 atom stereocenters. The molecular formula is C16H22F3NO. The van der Waals surface area contributed by atoms with E-state index in [1.807, 2.05) is 12.1 Å². The van der Waals surface area contributed by atoms with Gasteiger partial charge in [-0.05, 0) is 50.4 Å². The molecule has 1 aliphatic heterocycles. The van der Waals surface area contributed by atoms with Gasteiger partial charge >= 0.3 is 6.18 Å². The molecule has 2 rings (SSSR count). The van der Waals surface area contributed by atoms with E-state index in [4.69, 9.17) is 4.74 Å². The number of ether oxygens (including phenoxy) is 1. The van der Waals surface area contributed by atoms with Gasteiger partial charge in [-0.1, -0.05) is 12.1 Å². The standard InChI is InChI=1S/C16H22F3NO/c1-15(2)10-13-9-12(5-6-14(13)21-15)11-20-8-4-3-7-16(17,18)19/h5-6,9,20H,3-4,7-8,10-11H2,1-2H3. The first-order valence-corrected chi connectivity index (χ1v) is 7.33. The van der Waals surface area contributed by atoms with Crippen LogP contribution in [-0.4, -0.2) is 18.3 Å². The van der Waals surface area contributed by atoms with E-state index in [9.17, 15) is 13.2 Å². The first-order valence-electron chi connectivity index (χ1n) is 7.33. The van der Waals surface area contributed by atoms with Gasteiger partial charge in [-0.25, -0.2) is 0 Å². The van der Waals surface area contributed by atoms with Crippen LogP contribution in [0.25, 0.3) is 0 Å². The average molecular weight is 301 g/mol. The Morgan fingerprint density at radius 3 is 2.71 bits per heavy atom. The topological polar surface area (TPSA) is 21.3 Å². The van der Waals surface area contributed by atoms with E-state index >= 15 is 0 Å². The van der Waals surface area contributed by atoms with Gasteiger partial charge in [0.2, 0.25) is 0 Å². The van der Waals surface area contributed by atoms with Gasteiger partial charge in [0.15, 0.2) is 0 Å². The van der Waals surface area contributed by atoms with E-state index in [2.05, 4.69) is 25.2 Å². The third-order valence-electron chi connectivity index (χ3n) is 3.52. The third kappa shape index (κ3) is 5.23. The highest BCUT2D eigenvalue weighted by Crippen LogP contribution is 2.35. The second-order valence-corrected chi connectivity index (χ2v) is 6.23. The number of benzene rings is 1. The lowest BCUT2D eigenvalue weighted by molar-refractivity contribution is -0.135. The second-order valence-electron chi connectivity index (χ2n) is 6.23. The predicted molar refractivity (Wildman–Crippen MR) is 76.5 cm³/mol. The molecule has 1 N–H and O–H groups in total. The van der Waals surface area contributed by atoms with Crippen molar-refractivity contribution < 1.29 is 17.9 Å². The third-order valence-corrected chi connectivity index (χ3v) is 3.52. The molecule has 5 heteroatoms. The number of halogens is 3. The number of unbranched alkanes of at least 4 members (excludes halogenated alkanes) is 1. The normalized spacial score (nSPS) is 16.6. The lowest BCUT2D eigenvalue weighted by Crippen LogP contribution is -2.24. The maximum Gasteiger partial charge on any atom is 0.389 e. The zero-order valence-corrected chi connectivity index (χ0v) is 12.5. The molecule has 0 saturated heterocycles. The zero-order valence-electron chi connectivity index (χ0n) is 12.5. The molecule has 0 aromatic heterocycles. The van der Waals surface area contributed by atoms with E-state index in [1.54, 1.807) is 0 Å². The Morgan fingerprint density at radius 1 is 1.24 bits per heavy atom. The van der Waals surface area contributed by atoms with E-state index < -0.39 is 12.6 Å². The molecule has 2 nitrogen and oxygen atoms in total. The van der Waals surface area contributed by atoms with E-state index in [1.165, 1.54) is 5.56 Å². The molecule has 0 amide bonds. The SMILES string of the molecule is CC1(C)Cc2cc(CNCCCCC(F)(F)F)ccc2O1. The first-order chi connectivity index (χ1) is 9.75. The number of fused-ring (bicyclic) bond motifs is 1. The average Bonchev–Trinajstić information content (AvgIpc) is 2.65. The number of rotatable bonds is 6. The van der Waals surface area contributed by atoms with Crippen molar-refractivity contribution in [3.63, 3.8) is 0 Å². The fraction of sp³-hybridized carbons (Fsp3) is 0.625. The second kappa shape index (κ2) is 6.26. The van der Waals surface area contributed by atoms with Crippen LogP contribution in [-0.2, 0) is 13.0 Å². The Bertz CT molecular complexity index is 483. The molecule has 1 heterocycles. The minimum atomic E-state index is -4.03. The summed E-state index contributed by atoms with van der Waals surface area (Å²) in [4.78, 5) is 0. The molecule has 0 spiro atoms. The summed E-state index contributed by atoms with van der Waals surface area (Å²) >= 11 is 0. The highest BCUT2D eigenvalue weighted by molar-refractivity contribution is 5.41. The molecule has 118 valence electrons. The van der Waals surface area contributed by atoms with Crippen LogP contribution in [0.2, 0.25) is 0 Å². The van der Waals surface area contributed by atoms with Crippen molar-refractivity contribution >= 4 is 0 Å². The Labute approximate surface area is 123 Å². The molecular weight excluding hydrogens is 279 g/mol. The van der Waals surface area contributed by atoms with E-state index in [-0.39, 0.29) is 12.0 Å². The van der Waals surface area contributed by atoms with Crippen molar-refractivity contribution in [3.05, 3.63) is 29.3 Å². The van der Waals surface area contributed by atoms with Crippen LogP contribution in [0.5, 0.6) is 5.75 Å². The van der Waals surface area contributed by atoms with Crippen LogP contribution in [0.15, 0.2) is 18.2 Å². The number of alkyl halides is 3. The maximum absolute atomic E-state index is 12.0. The van der Waals surface area contributed by atoms with Gasteiger partial charge in [-0.3, -0.25) is 0 Å². The summed E-state index contributed by atoms with van der Waals surface area (Å²) in [6.07, 6.45) is -3.11. The van der Waals surface area contributed by atoms with Crippen LogP contribution in [0.3, 0.4) is 0 Å². The summed E-state index contributed by atoms with van der Waals surface area (Å²) in [6, 6.07) is 6.10. The summed E-state index contributed by atoms with van der Waals surface area (Å²) in [7, 11) is 0. The van der Waals surface area contributed by atoms with Crippen LogP contribution in [0, 0.1) is 0 Å². The highest BCUT2D eigenvalue weighted by atomic mass is 19.4. The molecule has 0 radical (unpaired) electrons. The van der Waals surface area contributed by atoms with Gasteiger partial charge in [-0.15, -0.1) is 0 Å². The molecule has 0 fully saturated rings. The summed E-state index contributed by atoms with van der Waals surface area (Å²) in [6.45, 7) is 5.41. The zero-order chi connectivity index (χ0) is 15.5. The fourth-order valence-electron chi connectivity index (χ4n) is 2.58. The Kier molecular flexibility index (Phi) is 4.81. The quantitative estimate of drug-likeness (QED) is 0.794. The van der Waals surface area contributed by atoms with Crippen molar-refractivity contribution in [1.29, 1.82) is 0 Å². The Balaban J connectivity index is 1.71. The predicted octanol–water partition coefficient (Wildman–Crippen LogP) is 4.22. The number of hydrogen-bond donors (Lipinski definition) is 1. The smallest absolute Gasteiger partial charge is 0.389 e. The molecule has 21 heavy (non-hydrogen) atoms. The molecule has 1 aliphatic rings. The van der Waals surface area contributed by atoms with Crippen molar-refractivity contribution in [2.75, 3.05) is 6.54 Å². The van der Waals surface area contributed by atoms with E-state index in [0.717, 1.165) is 17.7 Å². The first kappa shape index (κ1) is 16.1. The summed E-state index contributed by atoms with van der Waals surface area (Å²) < 4.78 is 41.8. The van der Waals surface area contributed by atoms with Crippen LogP contribution in [0.1, 0.15) is 44.2 Å².